The van der Waals surface area contributed by atoms with Crippen molar-refractivity contribution in [2.45, 2.75) is 50.7 Å². The molecule has 0 radical (unpaired) electrons. The number of piperidine rings is 1. The third-order valence-corrected chi connectivity index (χ3v) is 5.97. The second-order valence-electron chi connectivity index (χ2n) is 7.64. The lowest BCUT2D eigenvalue weighted by atomic mass is 9.97. The van der Waals surface area contributed by atoms with Crippen LogP contribution in [0.25, 0.3) is 11.0 Å². The van der Waals surface area contributed by atoms with Crippen LogP contribution in [0.15, 0.2) is 34.2 Å². The lowest BCUT2D eigenvalue weighted by molar-refractivity contribution is -0.142. The molecule has 3 atom stereocenters. The summed E-state index contributed by atoms with van der Waals surface area (Å²) in [4.78, 5) is 35.8. The van der Waals surface area contributed by atoms with Gasteiger partial charge in [0, 0.05) is 18.1 Å². The molecule has 0 amide bonds. The first-order valence-electron chi connectivity index (χ1n) is 9.57. The number of benzene rings is 1. The summed E-state index contributed by atoms with van der Waals surface area (Å²) >= 11 is 0. The van der Waals surface area contributed by atoms with Gasteiger partial charge in [0.2, 0.25) is 6.61 Å². The van der Waals surface area contributed by atoms with E-state index in [0.29, 0.717) is 12.1 Å². The van der Waals surface area contributed by atoms with E-state index in [4.69, 9.17) is 9.94 Å². The first-order chi connectivity index (χ1) is 13.5. The van der Waals surface area contributed by atoms with Gasteiger partial charge in [-0.3, -0.25) is 4.79 Å². The van der Waals surface area contributed by atoms with Gasteiger partial charge in [0.15, 0.2) is 5.69 Å². The number of rotatable bonds is 5. The van der Waals surface area contributed by atoms with Crippen LogP contribution in [0.1, 0.15) is 44.3 Å². The number of oxime groups is 1. The molecule has 2 aliphatic heterocycles. The van der Waals surface area contributed by atoms with Gasteiger partial charge in [-0.25, -0.2) is 9.78 Å². The Morgan fingerprint density at radius 3 is 2.61 bits per heavy atom. The van der Waals surface area contributed by atoms with Crippen LogP contribution in [-0.4, -0.2) is 57.0 Å². The number of fused-ring (bicyclic) bond motifs is 3. The average Bonchev–Trinajstić information content (AvgIpc) is 2.88. The first-order valence-corrected chi connectivity index (χ1v) is 9.57. The Labute approximate surface area is 162 Å². The second-order valence-corrected chi connectivity index (χ2v) is 7.64. The molecule has 2 bridgehead atoms. The minimum absolute atomic E-state index is 0.112. The molecule has 0 saturated carbocycles. The Bertz CT molecular complexity index is 985. The molecule has 148 valence electrons. The van der Waals surface area contributed by atoms with E-state index in [-0.39, 0.29) is 23.0 Å². The molecule has 1 aromatic carbocycles. The summed E-state index contributed by atoms with van der Waals surface area (Å²) in [7, 11) is 2.17. The van der Waals surface area contributed by atoms with Crippen molar-refractivity contribution in [2.75, 3.05) is 13.7 Å². The Morgan fingerprint density at radius 2 is 1.93 bits per heavy atom. The van der Waals surface area contributed by atoms with Crippen LogP contribution >= 0.6 is 0 Å². The molecular formula is C20H24N4O4. The van der Waals surface area contributed by atoms with Crippen molar-refractivity contribution in [1.29, 1.82) is 0 Å². The van der Waals surface area contributed by atoms with E-state index in [2.05, 4.69) is 22.1 Å². The van der Waals surface area contributed by atoms with Crippen molar-refractivity contribution in [3.63, 3.8) is 0 Å². The molecule has 2 aromatic rings. The minimum atomic E-state index is -1.12. The van der Waals surface area contributed by atoms with Crippen LogP contribution < -0.4 is 5.56 Å². The zero-order chi connectivity index (χ0) is 19.8. The maximum Gasteiger partial charge on any atom is 0.344 e. The number of aliphatic carboxylic acids is 1. The maximum absolute atomic E-state index is 13.4. The lowest BCUT2D eigenvalue weighted by Gasteiger charge is -2.37. The van der Waals surface area contributed by atoms with Crippen molar-refractivity contribution < 1.29 is 14.7 Å². The summed E-state index contributed by atoms with van der Waals surface area (Å²) in [5.41, 5.74) is 1.82. The van der Waals surface area contributed by atoms with E-state index in [1.165, 1.54) is 12.8 Å². The molecule has 0 spiro atoms. The fraction of sp³-hybridized carbons (Fsp3) is 0.500. The Kier molecular flexibility index (Phi) is 4.89. The van der Waals surface area contributed by atoms with E-state index in [1.807, 2.05) is 28.8 Å². The van der Waals surface area contributed by atoms with Crippen LogP contribution in [0.2, 0.25) is 0 Å². The zero-order valence-corrected chi connectivity index (χ0v) is 16.0. The van der Waals surface area contributed by atoms with Crippen molar-refractivity contribution >= 4 is 22.7 Å². The van der Waals surface area contributed by atoms with Crippen molar-refractivity contribution in [2.24, 2.45) is 5.16 Å². The zero-order valence-electron chi connectivity index (χ0n) is 16.0. The fourth-order valence-electron chi connectivity index (χ4n) is 4.57. The monoisotopic (exact) mass is 384 g/mol. The Morgan fingerprint density at radius 1 is 1.25 bits per heavy atom. The summed E-state index contributed by atoms with van der Waals surface area (Å²) in [5.74, 6) is -1.12. The van der Waals surface area contributed by atoms with Crippen molar-refractivity contribution in [1.82, 2.24) is 14.5 Å². The predicted octanol–water partition coefficient (Wildman–Crippen LogP) is 2.02. The van der Waals surface area contributed by atoms with Crippen molar-refractivity contribution in [3.05, 3.63) is 40.3 Å². The fourth-order valence-corrected chi connectivity index (χ4v) is 4.57. The normalized spacial score (nSPS) is 25.2. The highest BCUT2D eigenvalue weighted by Crippen LogP contribution is 2.40. The first kappa shape index (κ1) is 18.6. The third kappa shape index (κ3) is 3.28. The standard InChI is InChI=1S/C20H24N4O4/c1-12(22-28-11-18(25)26)19-20(27)24(17-6-4-3-5-16(17)21-19)15-9-13-7-8-14(10-15)23(13)2/h3-6,13-15H,7-11H2,1-2H3,(H,25,26)/b22-12+/t13-,14+,15+. The highest BCUT2D eigenvalue weighted by atomic mass is 16.6. The molecule has 8 heteroatoms. The number of carbonyl (C=O) groups is 1. The molecule has 2 fully saturated rings. The SMILES string of the molecule is C/C(=N\OCC(=O)O)c1nc2ccccc2n([C@H]2C[C@H]3CC[C@@H](C2)N3C)c1=O. The molecule has 0 aliphatic carbocycles. The summed E-state index contributed by atoms with van der Waals surface area (Å²) in [6, 6.07) is 8.73. The van der Waals surface area contributed by atoms with Crippen LogP contribution in [0, 0.1) is 0 Å². The summed E-state index contributed by atoms with van der Waals surface area (Å²) in [6.45, 7) is 1.06. The van der Waals surface area contributed by atoms with Crippen LogP contribution in [-0.2, 0) is 9.63 Å². The molecule has 2 saturated heterocycles. The van der Waals surface area contributed by atoms with E-state index in [1.54, 1.807) is 6.92 Å². The van der Waals surface area contributed by atoms with Gasteiger partial charge in [-0.2, -0.15) is 0 Å². The van der Waals surface area contributed by atoms with E-state index < -0.39 is 12.6 Å². The van der Waals surface area contributed by atoms with Gasteiger partial charge in [-0.15, -0.1) is 0 Å². The molecular weight excluding hydrogens is 360 g/mol. The quantitative estimate of drug-likeness (QED) is 0.626. The number of nitrogens with zero attached hydrogens (tertiary/aromatic N) is 4. The molecule has 3 heterocycles. The number of aromatic nitrogens is 2. The highest BCUT2D eigenvalue weighted by molar-refractivity contribution is 5.97. The van der Waals surface area contributed by atoms with Gasteiger partial charge >= 0.3 is 5.97 Å². The number of hydrogen-bond acceptors (Lipinski definition) is 6. The van der Waals surface area contributed by atoms with Gasteiger partial charge in [-0.1, -0.05) is 17.3 Å². The molecule has 8 nitrogen and oxygen atoms in total. The van der Waals surface area contributed by atoms with Crippen LogP contribution in [0.5, 0.6) is 0 Å². The van der Waals surface area contributed by atoms with Gasteiger partial charge in [0.05, 0.1) is 11.0 Å². The molecule has 1 N–H and O–H groups in total. The van der Waals surface area contributed by atoms with Crippen LogP contribution in [0.4, 0.5) is 0 Å². The summed E-state index contributed by atoms with van der Waals surface area (Å²) in [5, 5.41) is 12.5. The van der Waals surface area contributed by atoms with Gasteiger partial charge in [0.1, 0.15) is 5.71 Å². The minimum Gasteiger partial charge on any atom is -0.479 e. The van der Waals surface area contributed by atoms with Gasteiger partial charge < -0.3 is 19.4 Å². The molecule has 28 heavy (non-hydrogen) atoms. The Hall–Kier alpha value is -2.74. The topological polar surface area (TPSA) is 97.0 Å². The summed E-state index contributed by atoms with van der Waals surface area (Å²) < 4.78 is 1.87. The number of para-hydroxylation sites is 2. The molecule has 1 aromatic heterocycles. The smallest absolute Gasteiger partial charge is 0.344 e. The largest absolute Gasteiger partial charge is 0.479 e. The number of hydrogen-bond donors (Lipinski definition) is 1. The van der Waals surface area contributed by atoms with E-state index in [0.717, 1.165) is 23.9 Å². The second kappa shape index (κ2) is 7.35. The van der Waals surface area contributed by atoms with Crippen molar-refractivity contribution in [3.8, 4) is 0 Å². The predicted molar refractivity (Wildman–Crippen MR) is 105 cm³/mol. The maximum atomic E-state index is 13.4. The molecule has 2 aliphatic rings. The molecule has 0 unspecified atom stereocenters. The summed E-state index contributed by atoms with van der Waals surface area (Å²) in [6.07, 6.45) is 4.22. The number of carboxylic acids is 1. The Balaban J connectivity index is 1.78. The third-order valence-electron chi connectivity index (χ3n) is 5.97. The highest BCUT2D eigenvalue weighted by Gasteiger charge is 2.39. The average molecular weight is 384 g/mol. The van der Waals surface area contributed by atoms with Gasteiger partial charge in [-0.05, 0) is 51.8 Å². The van der Waals surface area contributed by atoms with Crippen LogP contribution in [0.3, 0.4) is 0 Å². The van der Waals surface area contributed by atoms with Gasteiger partial charge in [0.25, 0.3) is 5.56 Å². The van der Waals surface area contributed by atoms with E-state index >= 15 is 0 Å². The van der Waals surface area contributed by atoms with E-state index in [9.17, 15) is 9.59 Å². The number of carboxylic acid groups (broad SMARTS) is 1. The molecule has 4 rings (SSSR count). The lowest BCUT2D eigenvalue weighted by Crippen LogP contribution is -2.43.